The van der Waals surface area contributed by atoms with Gasteiger partial charge in [0.1, 0.15) is 6.04 Å². The fraction of sp³-hybridized carbons (Fsp3) is 0.519. The van der Waals surface area contributed by atoms with E-state index in [-0.39, 0.29) is 24.3 Å². The normalized spacial score (nSPS) is 34.1. The third-order valence-electron chi connectivity index (χ3n) is 7.87. The van der Waals surface area contributed by atoms with Crippen molar-refractivity contribution in [1.29, 1.82) is 0 Å². The third-order valence-corrected chi connectivity index (χ3v) is 9.66. The molecule has 5 rings (SSSR count). The molecule has 0 bridgehead atoms. The van der Waals surface area contributed by atoms with Gasteiger partial charge in [-0.3, -0.25) is 14.4 Å². The number of nitrogens with zero attached hydrogens (tertiary/aromatic N) is 3. The molecule has 1 aromatic rings. The lowest BCUT2D eigenvalue weighted by molar-refractivity contribution is -0.144. The maximum Gasteiger partial charge on any atom is 0.247 e. The number of rotatable bonds is 6. The van der Waals surface area contributed by atoms with Gasteiger partial charge in [-0.05, 0) is 25.3 Å². The van der Waals surface area contributed by atoms with Crippen LogP contribution in [0.1, 0.15) is 25.3 Å². The van der Waals surface area contributed by atoms with Gasteiger partial charge in [0.05, 0.1) is 16.6 Å². The van der Waals surface area contributed by atoms with Crippen molar-refractivity contribution in [2.75, 3.05) is 33.3 Å². The minimum absolute atomic E-state index is 0.0394. The van der Waals surface area contributed by atoms with E-state index < -0.39 is 27.4 Å². The number of aliphatic hydroxyl groups is 1. The zero-order valence-electron chi connectivity index (χ0n) is 20.3. The molecule has 8 heteroatoms. The Hall–Kier alpha value is -2.58. The fourth-order valence-corrected chi connectivity index (χ4v) is 8.43. The number of hydrogen-bond acceptors (Lipinski definition) is 5. The molecule has 2 fully saturated rings. The summed E-state index contributed by atoms with van der Waals surface area (Å²) in [6.07, 6.45) is 9.31. The van der Waals surface area contributed by atoms with Crippen LogP contribution >= 0.6 is 11.8 Å². The molecular weight excluding hydrogens is 462 g/mol. The number of hydrogen-bond donors (Lipinski definition) is 1. The second kappa shape index (κ2) is 9.13. The monoisotopic (exact) mass is 495 g/mol. The third kappa shape index (κ3) is 3.82. The summed E-state index contributed by atoms with van der Waals surface area (Å²) < 4.78 is -1.38. The van der Waals surface area contributed by atoms with Crippen LogP contribution in [-0.2, 0) is 20.9 Å². The lowest BCUT2D eigenvalue weighted by Gasteiger charge is -2.37. The van der Waals surface area contributed by atoms with Crippen LogP contribution in [0.5, 0.6) is 0 Å². The zero-order chi connectivity index (χ0) is 24.8. The Bertz CT molecular complexity index is 1080. The van der Waals surface area contributed by atoms with Crippen LogP contribution in [-0.4, -0.2) is 86.4 Å². The Kier molecular flexibility index (Phi) is 6.30. The van der Waals surface area contributed by atoms with E-state index in [1.54, 1.807) is 28.6 Å². The molecule has 4 heterocycles. The molecule has 3 amide bonds. The predicted octanol–water partition coefficient (Wildman–Crippen LogP) is 2.07. The van der Waals surface area contributed by atoms with Crippen molar-refractivity contribution >= 4 is 29.5 Å². The lowest BCUT2D eigenvalue weighted by Crippen LogP contribution is -2.53. The highest BCUT2D eigenvalue weighted by Crippen LogP contribution is 2.65. The van der Waals surface area contributed by atoms with Gasteiger partial charge in [-0.1, -0.05) is 54.6 Å². The minimum Gasteiger partial charge on any atom is -0.396 e. The summed E-state index contributed by atoms with van der Waals surface area (Å²) in [6.45, 7) is 3.91. The Labute approximate surface area is 210 Å². The number of unbranched alkanes of at least 4 members (excludes halogenated alkanes) is 1. The first kappa shape index (κ1) is 24.1. The molecule has 4 aliphatic heterocycles. The van der Waals surface area contributed by atoms with Crippen molar-refractivity contribution in [3.8, 4) is 0 Å². The molecule has 1 spiro atoms. The van der Waals surface area contributed by atoms with Gasteiger partial charge in [0.2, 0.25) is 17.7 Å². The molecular formula is C27H33N3O4S. The molecule has 1 aromatic carbocycles. The van der Waals surface area contributed by atoms with E-state index in [0.29, 0.717) is 39.0 Å². The average Bonchev–Trinajstić information content (AvgIpc) is 3.12. The topological polar surface area (TPSA) is 81.2 Å². The number of amides is 3. The quantitative estimate of drug-likeness (QED) is 0.483. The van der Waals surface area contributed by atoms with Crippen molar-refractivity contribution in [2.24, 2.45) is 11.8 Å². The molecule has 186 valence electrons. The number of carbonyl (C=O) groups is 3. The van der Waals surface area contributed by atoms with E-state index in [4.69, 9.17) is 0 Å². The summed E-state index contributed by atoms with van der Waals surface area (Å²) >= 11 is 1.61. The highest BCUT2D eigenvalue weighted by atomic mass is 32.2. The van der Waals surface area contributed by atoms with Crippen molar-refractivity contribution in [3.63, 3.8) is 0 Å². The van der Waals surface area contributed by atoms with Gasteiger partial charge >= 0.3 is 0 Å². The summed E-state index contributed by atoms with van der Waals surface area (Å²) in [5.74, 6) is -1.37. The van der Waals surface area contributed by atoms with Crippen molar-refractivity contribution in [2.45, 2.75) is 41.8 Å². The van der Waals surface area contributed by atoms with E-state index in [9.17, 15) is 19.5 Å². The molecule has 0 aliphatic carbocycles. The summed E-state index contributed by atoms with van der Waals surface area (Å²) in [5.41, 5.74) is 1.04. The Morgan fingerprint density at radius 3 is 2.46 bits per heavy atom. The number of benzene rings is 1. The first-order valence-electron chi connectivity index (χ1n) is 12.4. The Morgan fingerprint density at radius 2 is 1.71 bits per heavy atom. The summed E-state index contributed by atoms with van der Waals surface area (Å²) in [5, 5.41) is 9.33. The molecule has 1 N–H and O–H groups in total. The molecule has 0 aromatic heterocycles. The maximum atomic E-state index is 14.2. The van der Waals surface area contributed by atoms with Gasteiger partial charge in [-0.2, -0.15) is 0 Å². The van der Waals surface area contributed by atoms with E-state index in [2.05, 4.69) is 12.2 Å². The number of likely N-dealkylation sites (N-methyl/N-ethyl adjacent to an activating group) is 1. The molecule has 5 atom stereocenters. The fourth-order valence-electron chi connectivity index (χ4n) is 6.27. The van der Waals surface area contributed by atoms with Gasteiger partial charge in [0, 0.05) is 44.6 Å². The van der Waals surface area contributed by atoms with Gasteiger partial charge in [-0.25, -0.2) is 0 Å². The largest absolute Gasteiger partial charge is 0.396 e. The van der Waals surface area contributed by atoms with E-state index in [1.165, 1.54) is 0 Å². The molecule has 4 aliphatic rings. The van der Waals surface area contributed by atoms with Crippen LogP contribution < -0.4 is 0 Å². The molecule has 0 saturated carbocycles. The molecule has 0 radical (unpaired) electrons. The summed E-state index contributed by atoms with van der Waals surface area (Å²) in [4.78, 5) is 47.1. The van der Waals surface area contributed by atoms with Gasteiger partial charge < -0.3 is 19.8 Å². The maximum absolute atomic E-state index is 14.2. The summed E-state index contributed by atoms with van der Waals surface area (Å²) in [6, 6.07) is 9.20. The number of thioether (sulfide) groups is 1. The summed E-state index contributed by atoms with van der Waals surface area (Å²) in [7, 11) is 1.78. The zero-order valence-corrected chi connectivity index (χ0v) is 21.1. The molecule has 2 saturated heterocycles. The smallest absolute Gasteiger partial charge is 0.247 e. The van der Waals surface area contributed by atoms with E-state index in [1.807, 2.05) is 54.3 Å². The van der Waals surface area contributed by atoms with E-state index >= 15 is 0 Å². The number of carbonyl (C=O) groups excluding carboxylic acids is 3. The van der Waals surface area contributed by atoms with Crippen molar-refractivity contribution in [1.82, 2.24) is 14.7 Å². The minimum atomic E-state index is -0.809. The number of aliphatic hydroxyl groups excluding tert-OH is 1. The lowest BCUT2D eigenvalue weighted by atomic mass is 9.74. The van der Waals surface area contributed by atoms with Gasteiger partial charge in [-0.15, -0.1) is 11.8 Å². The second-order valence-electron chi connectivity index (χ2n) is 10.2. The standard InChI is InChI=1S/C27H33N3O4S/c1-26-12-8-14-28(2)23(32)20(26)21-24(33)30(16-6-7-17-31)22-25(34)29(15-9-13-27(21,22)35-26)18-19-10-4-3-5-11-19/h3-5,8-13,20-22,31H,6-7,14-18H2,1-2H3/t20-,21-,22?,26+,27-/m0/s1. The molecule has 7 nitrogen and oxygen atoms in total. The van der Waals surface area contributed by atoms with Crippen molar-refractivity contribution < 1.29 is 19.5 Å². The van der Waals surface area contributed by atoms with Crippen LogP contribution in [0.4, 0.5) is 0 Å². The highest BCUT2D eigenvalue weighted by Gasteiger charge is 2.73. The number of likely N-dealkylation sites (tertiary alicyclic amines) is 1. The average molecular weight is 496 g/mol. The van der Waals surface area contributed by atoms with Crippen molar-refractivity contribution in [3.05, 3.63) is 60.2 Å². The molecule has 35 heavy (non-hydrogen) atoms. The SMILES string of the molecule is CN1CC=C[C@@]2(C)S[C@]34C=CCN(Cc5ccccc5)C(=O)C3N(CCCCO)C(=O)[C@@H]4[C@H]2C1=O. The van der Waals surface area contributed by atoms with Gasteiger partial charge in [0.25, 0.3) is 0 Å². The Morgan fingerprint density at radius 1 is 0.971 bits per heavy atom. The first-order chi connectivity index (χ1) is 16.8. The highest BCUT2D eigenvalue weighted by molar-refractivity contribution is 8.02. The van der Waals surface area contributed by atoms with E-state index in [0.717, 1.165) is 5.56 Å². The van der Waals surface area contributed by atoms with Crippen LogP contribution in [0.3, 0.4) is 0 Å². The molecule has 1 unspecified atom stereocenters. The van der Waals surface area contributed by atoms with Crippen LogP contribution in [0.2, 0.25) is 0 Å². The number of fused-ring (bicyclic) bond motifs is 2. The Balaban J connectivity index is 1.57. The van der Waals surface area contributed by atoms with Crippen LogP contribution in [0.15, 0.2) is 54.6 Å². The van der Waals surface area contributed by atoms with Gasteiger partial charge in [0.15, 0.2) is 0 Å². The predicted molar refractivity (Wildman–Crippen MR) is 135 cm³/mol. The van der Waals surface area contributed by atoms with Crippen LogP contribution in [0.25, 0.3) is 0 Å². The first-order valence-corrected chi connectivity index (χ1v) is 13.2. The second-order valence-corrected chi connectivity index (χ2v) is 12.0. The van der Waals surface area contributed by atoms with Crippen LogP contribution in [0, 0.1) is 11.8 Å².